The highest BCUT2D eigenvalue weighted by atomic mass is 35.5. The number of carbonyl (C=O) groups excluding carboxylic acids is 1. The van der Waals surface area contributed by atoms with Crippen LogP contribution in [-0.2, 0) is 0 Å². The third-order valence-corrected chi connectivity index (χ3v) is 4.61. The summed E-state index contributed by atoms with van der Waals surface area (Å²) in [5.41, 5.74) is 1.37. The molecule has 0 saturated carbocycles. The van der Waals surface area contributed by atoms with E-state index < -0.39 is 0 Å². The summed E-state index contributed by atoms with van der Waals surface area (Å²) in [6.07, 6.45) is 0. The average Bonchev–Trinajstić information content (AvgIpc) is 2.67. The van der Waals surface area contributed by atoms with Gasteiger partial charge in [0.2, 0.25) is 5.75 Å². The van der Waals surface area contributed by atoms with Gasteiger partial charge in [-0.2, -0.15) is 0 Å². The summed E-state index contributed by atoms with van der Waals surface area (Å²) in [6, 6.07) is 10.8. The minimum absolute atomic E-state index is 0.0651. The van der Waals surface area contributed by atoms with Crippen LogP contribution in [0.4, 0.5) is 0 Å². The summed E-state index contributed by atoms with van der Waals surface area (Å²) < 4.78 is 15.9. The Balaban J connectivity index is 2.22. The molecule has 0 aliphatic carbocycles. The summed E-state index contributed by atoms with van der Waals surface area (Å²) in [7, 11) is 8.43. The van der Waals surface area contributed by atoms with Crippen molar-refractivity contribution < 1.29 is 19.0 Å². The summed E-state index contributed by atoms with van der Waals surface area (Å²) >= 11 is 6.32. The van der Waals surface area contributed by atoms with Gasteiger partial charge in [-0.1, -0.05) is 29.8 Å². The van der Waals surface area contributed by atoms with Gasteiger partial charge in [-0.05, 0) is 37.9 Å². The van der Waals surface area contributed by atoms with Crippen molar-refractivity contribution in [3.8, 4) is 17.2 Å². The van der Waals surface area contributed by atoms with Crippen LogP contribution in [-0.4, -0.2) is 52.8 Å². The van der Waals surface area contributed by atoms with Crippen LogP contribution in [0.2, 0.25) is 5.02 Å². The second-order valence-electron chi connectivity index (χ2n) is 6.12. The number of carbonyl (C=O) groups is 1. The average molecular weight is 393 g/mol. The van der Waals surface area contributed by atoms with Gasteiger partial charge in [0.1, 0.15) is 0 Å². The second-order valence-corrected chi connectivity index (χ2v) is 6.53. The summed E-state index contributed by atoms with van der Waals surface area (Å²) in [6.45, 7) is 0.395. The van der Waals surface area contributed by atoms with Crippen molar-refractivity contribution in [2.75, 3.05) is 42.0 Å². The van der Waals surface area contributed by atoms with E-state index in [-0.39, 0.29) is 11.9 Å². The van der Waals surface area contributed by atoms with Crippen molar-refractivity contribution in [2.24, 2.45) is 0 Å². The van der Waals surface area contributed by atoms with Crippen molar-refractivity contribution in [1.29, 1.82) is 0 Å². The van der Waals surface area contributed by atoms with Crippen molar-refractivity contribution >= 4 is 17.5 Å². The molecular formula is C20H25ClN2O4. The van der Waals surface area contributed by atoms with Crippen molar-refractivity contribution in [3.05, 3.63) is 52.5 Å². The summed E-state index contributed by atoms with van der Waals surface area (Å²) in [4.78, 5) is 14.7. The first-order valence-corrected chi connectivity index (χ1v) is 8.79. The molecule has 6 nitrogen and oxygen atoms in total. The molecule has 1 amide bonds. The van der Waals surface area contributed by atoms with Gasteiger partial charge in [-0.25, -0.2) is 0 Å². The predicted octanol–water partition coefficient (Wildman–Crippen LogP) is 3.40. The zero-order valence-corrected chi connectivity index (χ0v) is 17.0. The number of hydrogen-bond acceptors (Lipinski definition) is 5. The van der Waals surface area contributed by atoms with Crippen LogP contribution in [0.1, 0.15) is 22.0 Å². The quantitative estimate of drug-likeness (QED) is 0.746. The van der Waals surface area contributed by atoms with E-state index in [2.05, 4.69) is 5.32 Å². The molecule has 27 heavy (non-hydrogen) atoms. The van der Waals surface area contributed by atoms with Crippen molar-refractivity contribution in [2.45, 2.75) is 6.04 Å². The molecule has 0 radical (unpaired) electrons. The maximum absolute atomic E-state index is 12.7. The molecule has 0 unspecified atom stereocenters. The van der Waals surface area contributed by atoms with Gasteiger partial charge in [-0.3, -0.25) is 4.79 Å². The number of halogens is 1. The molecule has 0 saturated heterocycles. The highest BCUT2D eigenvalue weighted by Gasteiger charge is 2.20. The SMILES string of the molecule is COc1cc(C(=O)NC[C@H](c2ccccc2Cl)N(C)C)cc(OC)c1OC. The number of hydrogen-bond donors (Lipinski definition) is 1. The van der Waals surface area contributed by atoms with Gasteiger partial charge in [0.25, 0.3) is 5.91 Å². The molecular weight excluding hydrogens is 368 g/mol. The van der Waals surface area contributed by atoms with E-state index in [1.165, 1.54) is 21.3 Å². The van der Waals surface area contributed by atoms with Gasteiger partial charge in [0.15, 0.2) is 11.5 Å². The summed E-state index contributed by atoms with van der Waals surface area (Å²) in [5.74, 6) is 1.06. The Hall–Kier alpha value is -2.44. The lowest BCUT2D eigenvalue weighted by Gasteiger charge is -2.26. The van der Waals surface area contributed by atoms with Crippen LogP contribution in [0.15, 0.2) is 36.4 Å². The highest BCUT2D eigenvalue weighted by molar-refractivity contribution is 6.31. The first-order valence-electron chi connectivity index (χ1n) is 8.42. The van der Waals surface area contributed by atoms with Gasteiger partial charge in [0, 0.05) is 17.1 Å². The van der Waals surface area contributed by atoms with E-state index in [0.29, 0.717) is 34.4 Å². The second kappa shape index (κ2) is 9.48. The monoisotopic (exact) mass is 392 g/mol. The third-order valence-electron chi connectivity index (χ3n) is 4.27. The molecule has 0 spiro atoms. The lowest BCUT2D eigenvalue weighted by molar-refractivity contribution is 0.0941. The largest absolute Gasteiger partial charge is 0.493 e. The third kappa shape index (κ3) is 4.84. The van der Waals surface area contributed by atoms with Crippen LogP contribution in [0, 0.1) is 0 Å². The van der Waals surface area contributed by atoms with Crippen LogP contribution < -0.4 is 19.5 Å². The predicted molar refractivity (Wildman–Crippen MR) is 106 cm³/mol. The number of rotatable bonds is 8. The van der Waals surface area contributed by atoms with E-state index in [9.17, 15) is 4.79 Å². The lowest BCUT2D eigenvalue weighted by atomic mass is 10.1. The van der Waals surface area contributed by atoms with E-state index in [4.69, 9.17) is 25.8 Å². The Morgan fingerprint density at radius 2 is 1.67 bits per heavy atom. The maximum atomic E-state index is 12.7. The first kappa shape index (κ1) is 20.9. The zero-order chi connectivity index (χ0) is 20.0. The number of amides is 1. The number of nitrogens with one attached hydrogen (secondary N) is 1. The maximum Gasteiger partial charge on any atom is 0.251 e. The topological polar surface area (TPSA) is 60.0 Å². The van der Waals surface area contributed by atoms with Crippen LogP contribution in [0.25, 0.3) is 0 Å². The minimum Gasteiger partial charge on any atom is -0.493 e. The van der Waals surface area contributed by atoms with E-state index in [1.54, 1.807) is 12.1 Å². The number of benzene rings is 2. The van der Waals surface area contributed by atoms with Gasteiger partial charge in [-0.15, -0.1) is 0 Å². The van der Waals surface area contributed by atoms with Crippen LogP contribution in [0.3, 0.4) is 0 Å². The van der Waals surface area contributed by atoms with Crippen LogP contribution >= 0.6 is 11.6 Å². The molecule has 2 rings (SSSR count). The Kier molecular flexibility index (Phi) is 7.33. The lowest BCUT2D eigenvalue weighted by Crippen LogP contribution is -2.34. The van der Waals surface area contributed by atoms with E-state index >= 15 is 0 Å². The fourth-order valence-electron chi connectivity index (χ4n) is 2.82. The summed E-state index contributed by atoms with van der Waals surface area (Å²) in [5, 5.41) is 3.62. The number of ether oxygens (including phenoxy) is 3. The minimum atomic E-state index is -0.242. The van der Waals surface area contributed by atoms with Crippen molar-refractivity contribution in [1.82, 2.24) is 10.2 Å². The molecule has 1 N–H and O–H groups in total. The molecule has 1 atom stereocenters. The smallest absolute Gasteiger partial charge is 0.251 e. The molecule has 0 fully saturated rings. The van der Waals surface area contributed by atoms with Gasteiger partial charge >= 0.3 is 0 Å². The molecule has 0 aliphatic rings. The fraction of sp³-hybridized carbons (Fsp3) is 0.350. The van der Waals surface area contributed by atoms with E-state index in [0.717, 1.165) is 5.56 Å². The van der Waals surface area contributed by atoms with Gasteiger partial charge < -0.3 is 24.4 Å². The Morgan fingerprint density at radius 1 is 1.07 bits per heavy atom. The van der Waals surface area contributed by atoms with Crippen LogP contribution in [0.5, 0.6) is 17.2 Å². The molecule has 2 aromatic carbocycles. The number of nitrogens with zero attached hydrogens (tertiary/aromatic N) is 1. The van der Waals surface area contributed by atoms with E-state index in [1.807, 2.05) is 43.3 Å². The first-order chi connectivity index (χ1) is 12.9. The molecule has 0 bridgehead atoms. The number of methoxy groups -OCH3 is 3. The highest BCUT2D eigenvalue weighted by Crippen LogP contribution is 2.38. The standard InChI is InChI=1S/C20H25ClN2O4/c1-23(2)16(14-8-6-7-9-15(14)21)12-22-20(24)13-10-17(25-3)19(27-5)18(11-13)26-4/h6-11,16H,12H2,1-5H3,(H,22,24)/t16-/m1/s1. The number of likely N-dealkylation sites (N-methyl/N-ethyl adjacent to an activating group) is 1. The fourth-order valence-corrected chi connectivity index (χ4v) is 3.08. The molecule has 0 aromatic heterocycles. The zero-order valence-electron chi connectivity index (χ0n) is 16.2. The Morgan fingerprint density at radius 3 is 2.15 bits per heavy atom. The Bertz CT molecular complexity index is 770. The molecule has 146 valence electrons. The molecule has 7 heteroatoms. The normalized spacial score (nSPS) is 11.8. The molecule has 2 aromatic rings. The van der Waals surface area contributed by atoms with Gasteiger partial charge in [0.05, 0.1) is 27.4 Å². The molecule has 0 aliphatic heterocycles. The molecule has 0 heterocycles. The Labute approximate surface area is 165 Å². The van der Waals surface area contributed by atoms with Crippen molar-refractivity contribution in [3.63, 3.8) is 0 Å².